The molecule has 1 unspecified atom stereocenters. The topological polar surface area (TPSA) is 84.0 Å². The number of nitrogens with zero attached hydrogens (tertiary/aromatic N) is 1. The Morgan fingerprint density at radius 1 is 1.08 bits per heavy atom. The lowest BCUT2D eigenvalue weighted by molar-refractivity contribution is 0.0266. The number of carbonyl (C=O) groups is 1. The average Bonchev–Trinajstić information content (AvgIpc) is 2.48. The SMILES string of the molecule is CCNC(=NCCC(OCC)C(C)C)NCCNC(=O)OC(C)(C)C.I. The van der Waals surface area contributed by atoms with Gasteiger partial charge < -0.3 is 25.4 Å². The summed E-state index contributed by atoms with van der Waals surface area (Å²) in [6, 6.07) is 0. The number of aliphatic imine (C=N–C) groups is 1. The van der Waals surface area contributed by atoms with Gasteiger partial charge in [0.05, 0.1) is 6.10 Å². The minimum atomic E-state index is -0.485. The van der Waals surface area contributed by atoms with Crippen LogP contribution in [0.5, 0.6) is 0 Å². The molecular formula is C18H39IN4O3. The predicted molar refractivity (Wildman–Crippen MR) is 119 cm³/mol. The Labute approximate surface area is 176 Å². The Morgan fingerprint density at radius 3 is 2.19 bits per heavy atom. The molecule has 0 bridgehead atoms. The third-order valence-corrected chi connectivity index (χ3v) is 3.24. The number of guanidine groups is 1. The summed E-state index contributed by atoms with van der Waals surface area (Å²) >= 11 is 0. The largest absolute Gasteiger partial charge is 0.444 e. The lowest BCUT2D eigenvalue weighted by Crippen LogP contribution is -2.42. The fraction of sp³-hybridized carbons (Fsp3) is 0.889. The highest BCUT2D eigenvalue weighted by Gasteiger charge is 2.15. The lowest BCUT2D eigenvalue weighted by atomic mass is 10.0. The van der Waals surface area contributed by atoms with Gasteiger partial charge in [0.25, 0.3) is 0 Å². The Kier molecular flexibility index (Phi) is 16.2. The molecule has 0 aliphatic rings. The zero-order valence-corrected chi connectivity index (χ0v) is 19.8. The first-order valence-electron chi connectivity index (χ1n) is 9.30. The van der Waals surface area contributed by atoms with Crippen LogP contribution in [-0.2, 0) is 9.47 Å². The number of hydrogen-bond acceptors (Lipinski definition) is 4. The van der Waals surface area contributed by atoms with Crippen LogP contribution in [0.1, 0.15) is 54.9 Å². The molecule has 0 heterocycles. The van der Waals surface area contributed by atoms with Crippen LogP contribution in [0, 0.1) is 5.92 Å². The third-order valence-electron chi connectivity index (χ3n) is 3.24. The lowest BCUT2D eigenvalue weighted by Gasteiger charge is -2.20. The van der Waals surface area contributed by atoms with E-state index in [0.717, 1.165) is 25.5 Å². The maximum atomic E-state index is 11.6. The first-order valence-corrected chi connectivity index (χ1v) is 9.30. The number of hydrogen-bond donors (Lipinski definition) is 3. The molecule has 26 heavy (non-hydrogen) atoms. The van der Waals surface area contributed by atoms with E-state index in [1.807, 2.05) is 34.6 Å². The standard InChI is InChI=1S/C18H38N4O3.HI/c1-8-19-16(20-11-10-15(14(3)4)24-9-2)21-12-13-22-17(23)25-18(5,6)7;/h14-15H,8-13H2,1-7H3,(H,22,23)(H2,19,20,21);1H. The van der Waals surface area contributed by atoms with Crippen molar-refractivity contribution in [2.45, 2.75) is 66.6 Å². The predicted octanol–water partition coefficient (Wildman–Crippen LogP) is 3.14. The molecule has 7 nitrogen and oxygen atoms in total. The highest BCUT2D eigenvalue weighted by Crippen LogP contribution is 2.10. The normalized spacial score (nSPS) is 13.0. The van der Waals surface area contributed by atoms with E-state index in [0.29, 0.717) is 25.6 Å². The molecule has 0 radical (unpaired) electrons. The third kappa shape index (κ3) is 15.5. The van der Waals surface area contributed by atoms with E-state index in [-0.39, 0.29) is 30.1 Å². The fourth-order valence-corrected chi connectivity index (χ4v) is 2.13. The minimum Gasteiger partial charge on any atom is -0.444 e. The molecule has 0 aliphatic carbocycles. The first kappa shape index (κ1) is 27.4. The summed E-state index contributed by atoms with van der Waals surface area (Å²) in [5, 5.41) is 9.12. The van der Waals surface area contributed by atoms with Gasteiger partial charge in [-0.15, -0.1) is 24.0 Å². The number of nitrogens with one attached hydrogen (secondary N) is 3. The van der Waals surface area contributed by atoms with Crippen LogP contribution >= 0.6 is 24.0 Å². The van der Waals surface area contributed by atoms with Gasteiger partial charge in [0.15, 0.2) is 5.96 Å². The van der Waals surface area contributed by atoms with E-state index in [1.165, 1.54) is 0 Å². The van der Waals surface area contributed by atoms with Gasteiger partial charge in [-0.25, -0.2) is 4.79 Å². The molecule has 0 aliphatic heterocycles. The number of ether oxygens (including phenoxy) is 2. The van der Waals surface area contributed by atoms with Gasteiger partial charge in [-0.2, -0.15) is 0 Å². The number of amides is 1. The fourth-order valence-electron chi connectivity index (χ4n) is 2.13. The maximum Gasteiger partial charge on any atom is 0.407 e. The van der Waals surface area contributed by atoms with E-state index in [9.17, 15) is 4.79 Å². The minimum absolute atomic E-state index is 0. The van der Waals surface area contributed by atoms with Crippen LogP contribution in [0.3, 0.4) is 0 Å². The van der Waals surface area contributed by atoms with Crippen LogP contribution in [-0.4, -0.2) is 56.5 Å². The second-order valence-electron chi connectivity index (χ2n) is 7.14. The number of alkyl carbamates (subject to hydrolysis) is 1. The average molecular weight is 486 g/mol. The van der Waals surface area contributed by atoms with Crippen LogP contribution in [0.15, 0.2) is 4.99 Å². The summed E-state index contributed by atoms with van der Waals surface area (Å²) in [6.45, 7) is 17.1. The molecule has 0 saturated carbocycles. The molecule has 156 valence electrons. The molecule has 1 atom stereocenters. The zero-order chi connectivity index (χ0) is 19.3. The van der Waals surface area contributed by atoms with Crippen molar-refractivity contribution in [1.29, 1.82) is 0 Å². The second kappa shape index (κ2) is 15.3. The molecule has 0 rings (SSSR count). The van der Waals surface area contributed by atoms with Gasteiger partial charge in [-0.1, -0.05) is 13.8 Å². The molecular weight excluding hydrogens is 447 g/mol. The van der Waals surface area contributed by atoms with E-state index < -0.39 is 11.7 Å². The number of rotatable bonds is 10. The summed E-state index contributed by atoms with van der Waals surface area (Å²) in [5.74, 6) is 1.22. The van der Waals surface area contributed by atoms with Gasteiger partial charge in [0.2, 0.25) is 0 Å². The molecule has 3 N–H and O–H groups in total. The van der Waals surface area contributed by atoms with E-state index >= 15 is 0 Å². The van der Waals surface area contributed by atoms with Gasteiger partial charge in [-0.05, 0) is 47.0 Å². The Balaban J connectivity index is 0. The first-order chi connectivity index (χ1) is 11.7. The highest BCUT2D eigenvalue weighted by atomic mass is 127. The molecule has 0 fully saturated rings. The van der Waals surface area contributed by atoms with Crippen molar-refractivity contribution in [1.82, 2.24) is 16.0 Å². The van der Waals surface area contributed by atoms with Crippen molar-refractivity contribution in [2.75, 3.05) is 32.8 Å². The smallest absolute Gasteiger partial charge is 0.407 e. The zero-order valence-electron chi connectivity index (χ0n) is 17.5. The molecule has 0 aromatic carbocycles. The summed E-state index contributed by atoms with van der Waals surface area (Å²) < 4.78 is 10.9. The van der Waals surface area contributed by atoms with Crippen LogP contribution in [0.4, 0.5) is 4.79 Å². The van der Waals surface area contributed by atoms with E-state index in [1.54, 1.807) is 0 Å². The summed E-state index contributed by atoms with van der Waals surface area (Å²) in [5.41, 5.74) is -0.485. The monoisotopic (exact) mass is 486 g/mol. The summed E-state index contributed by atoms with van der Waals surface area (Å²) in [4.78, 5) is 16.1. The van der Waals surface area contributed by atoms with Crippen LogP contribution in [0.25, 0.3) is 0 Å². The van der Waals surface area contributed by atoms with Crippen molar-refractivity contribution in [3.8, 4) is 0 Å². The summed E-state index contributed by atoms with van der Waals surface area (Å²) in [6.07, 6.45) is 0.705. The van der Waals surface area contributed by atoms with Gasteiger partial charge in [0, 0.05) is 32.8 Å². The summed E-state index contributed by atoms with van der Waals surface area (Å²) in [7, 11) is 0. The van der Waals surface area contributed by atoms with Crippen LogP contribution < -0.4 is 16.0 Å². The highest BCUT2D eigenvalue weighted by molar-refractivity contribution is 14.0. The Morgan fingerprint density at radius 2 is 1.69 bits per heavy atom. The molecule has 0 saturated heterocycles. The maximum absolute atomic E-state index is 11.6. The number of halogens is 1. The van der Waals surface area contributed by atoms with Crippen LogP contribution in [0.2, 0.25) is 0 Å². The van der Waals surface area contributed by atoms with Crippen molar-refractivity contribution in [3.63, 3.8) is 0 Å². The molecule has 0 aromatic rings. The Bertz CT molecular complexity index is 398. The van der Waals surface area contributed by atoms with Crippen molar-refractivity contribution in [3.05, 3.63) is 0 Å². The van der Waals surface area contributed by atoms with Gasteiger partial charge >= 0.3 is 6.09 Å². The quantitative estimate of drug-likeness (QED) is 0.191. The molecule has 0 spiro atoms. The van der Waals surface area contributed by atoms with Gasteiger partial charge in [-0.3, -0.25) is 4.99 Å². The molecule has 0 aromatic heterocycles. The second-order valence-corrected chi connectivity index (χ2v) is 7.14. The number of carbonyl (C=O) groups excluding carboxylic acids is 1. The van der Waals surface area contributed by atoms with Gasteiger partial charge in [0.1, 0.15) is 5.60 Å². The van der Waals surface area contributed by atoms with E-state index in [2.05, 4.69) is 34.8 Å². The van der Waals surface area contributed by atoms with Crippen molar-refractivity contribution >= 4 is 36.0 Å². The van der Waals surface area contributed by atoms with E-state index in [4.69, 9.17) is 9.47 Å². The van der Waals surface area contributed by atoms with Crippen molar-refractivity contribution < 1.29 is 14.3 Å². The molecule has 1 amide bonds. The molecule has 8 heteroatoms. The Hall–Kier alpha value is -0.770. The van der Waals surface area contributed by atoms with Crippen molar-refractivity contribution in [2.24, 2.45) is 10.9 Å².